The van der Waals surface area contributed by atoms with Gasteiger partial charge < -0.3 is 5.11 Å². The van der Waals surface area contributed by atoms with Gasteiger partial charge in [-0.05, 0) is 12.8 Å². The molecule has 0 unspecified atom stereocenters. The van der Waals surface area contributed by atoms with E-state index >= 15 is 0 Å². The zero-order chi connectivity index (χ0) is 7.19. The number of quaternary nitrogens is 1. The molecule has 0 aliphatic carbocycles. The Morgan fingerprint density at radius 2 is 2.20 bits per heavy atom. The van der Waals surface area contributed by atoms with Gasteiger partial charge in [-0.3, -0.25) is 0 Å². The predicted octanol–water partition coefficient (Wildman–Crippen LogP) is 0.905. The summed E-state index contributed by atoms with van der Waals surface area (Å²) in [5.41, 5.74) is 0. The van der Waals surface area contributed by atoms with Gasteiger partial charge >= 0.3 is 6.09 Å². The molecule has 3 heteroatoms. The summed E-state index contributed by atoms with van der Waals surface area (Å²) in [7, 11) is 0. The molecular weight excluding hydrogens is 130 g/mol. The minimum Gasteiger partial charge on any atom is -0.435 e. The van der Waals surface area contributed by atoms with Crippen molar-refractivity contribution >= 4 is 6.09 Å². The van der Waals surface area contributed by atoms with Crippen LogP contribution in [0.1, 0.15) is 12.8 Å². The van der Waals surface area contributed by atoms with Crippen LogP contribution in [0.5, 0.6) is 0 Å². The number of nitrogens with zero attached hydrogens (tertiary/aromatic N) is 1. The summed E-state index contributed by atoms with van der Waals surface area (Å²) < 4.78 is 0.366. The summed E-state index contributed by atoms with van der Waals surface area (Å²) in [6.45, 7) is 2.66. The Bertz CT molecular complexity index is 167. The summed E-state index contributed by atoms with van der Waals surface area (Å²) >= 11 is 0. The Morgan fingerprint density at radius 3 is 2.50 bits per heavy atom. The van der Waals surface area contributed by atoms with E-state index in [-0.39, 0.29) is 0 Å². The van der Waals surface area contributed by atoms with Crippen LogP contribution in [0, 0.1) is 5.92 Å². The highest BCUT2D eigenvalue weighted by atomic mass is 16.4. The first-order chi connectivity index (χ1) is 4.73. The van der Waals surface area contributed by atoms with Crippen LogP contribution in [0.3, 0.4) is 0 Å². The maximum absolute atomic E-state index is 10.7. The topological polar surface area (TPSA) is 37.3 Å². The Morgan fingerprint density at radius 1 is 1.50 bits per heavy atom. The van der Waals surface area contributed by atoms with Crippen LogP contribution in [-0.4, -0.2) is 35.3 Å². The molecule has 3 aliphatic heterocycles. The quantitative estimate of drug-likeness (QED) is 0.510. The van der Waals surface area contributed by atoms with Crippen LogP contribution in [-0.2, 0) is 0 Å². The number of carboxylic acid groups (broad SMARTS) is 1. The number of hydrogen-bond acceptors (Lipinski definition) is 1. The monoisotopic (exact) mass is 142 g/mol. The Labute approximate surface area is 59.8 Å². The minimum absolute atomic E-state index is 0.366. The van der Waals surface area contributed by atoms with Gasteiger partial charge in [0.2, 0.25) is 0 Å². The summed E-state index contributed by atoms with van der Waals surface area (Å²) in [5.74, 6) is 0.727. The predicted molar refractivity (Wildman–Crippen MR) is 35.6 cm³/mol. The third-order valence-electron chi connectivity index (χ3n) is 2.82. The SMILES string of the molecule is O=C(O)[N+]12CCCC(C1)C2. The van der Waals surface area contributed by atoms with Crippen molar-refractivity contribution in [1.82, 2.24) is 0 Å². The second-order valence-electron chi connectivity index (χ2n) is 3.52. The van der Waals surface area contributed by atoms with Crippen molar-refractivity contribution in [3.8, 4) is 0 Å². The summed E-state index contributed by atoms with van der Waals surface area (Å²) in [6.07, 6.45) is 1.75. The lowest BCUT2D eigenvalue weighted by Crippen LogP contribution is -2.69. The maximum atomic E-state index is 10.7. The molecule has 0 saturated carbocycles. The van der Waals surface area contributed by atoms with Gasteiger partial charge in [-0.2, -0.15) is 4.79 Å². The standard InChI is InChI=1S/C7H11NO2/c9-7(10)8-3-1-2-6(4-8)5-8/h6H,1-5H2/p+1. The van der Waals surface area contributed by atoms with E-state index in [0.29, 0.717) is 4.48 Å². The molecule has 0 aromatic heterocycles. The average Bonchev–Trinajstić information content (AvgIpc) is 1.87. The summed E-state index contributed by atoms with van der Waals surface area (Å²) in [6, 6.07) is 0. The third-order valence-corrected chi connectivity index (χ3v) is 2.82. The van der Waals surface area contributed by atoms with Crippen molar-refractivity contribution in [2.45, 2.75) is 12.8 Å². The molecule has 0 spiro atoms. The normalized spacial score (nSPS) is 44.2. The van der Waals surface area contributed by atoms with Crippen LogP contribution in [0.25, 0.3) is 0 Å². The Kier molecular flexibility index (Phi) is 1.06. The van der Waals surface area contributed by atoms with Gasteiger partial charge in [0.1, 0.15) is 0 Å². The van der Waals surface area contributed by atoms with Crippen LogP contribution in [0.15, 0.2) is 0 Å². The molecule has 1 amide bonds. The molecule has 3 heterocycles. The van der Waals surface area contributed by atoms with E-state index in [1.807, 2.05) is 0 Å². The van der Waals surface area contributed by atoms with Crippen molar-refractivity contribution < 1.29 is 14.4 Å². The number of piperidine rings is 2. The first-order valence-electron chi connectivity index (χ1n) is 3.82. The fourth-order valence-corrected chi connectivity index (χ4v) is 2.23. The van der Waals surface area contributed by atoms with Crippen molar-refractivity contribution in [3.05, 3.63) is 0 Å². The molecule has 0 radical (unpaired) electrons. The van der Waals surface area contributed by atoms with Crippen LogP contribution in [0.4, 0.5) is 4.79 Å². The first-order valence-corrected chi connectivity index (χ1v) is 3.82. The molecule has 2 bridgehead atoms. The van der Waals surface area contributed by atoms with Crippen molar-refractivity contribution in [3.63, 3.8) is 0 Å². The smallest absolute Gasteiger partial charge is 0.435 e. The largest absolute Gasteiger partial charge is 0.513 e. The zero-order valence-electron chi connectivity index (χ0n) is 5.92. The highest BCUT2D eigenvalue weighted by Gasteiger charge is 2.52. The fourth-order valence-electron chi connectivity index (χ4n) is 2.23. The van der Waals surface area contributed by atoms with E-state index in [1.54, 1.807) is 0 Å². The van der Waals surface area contributed by atoms with Crippen LogP contribution >= 0.6 is 0 Å². The molecule has 0 aromatic carbocycles. The van der Waals surface area contributed by atoms with E-state index in [9.17, 15) is 4.79 Å². The lowest BCUT2D eigenvalue weighted by molar-refractivity contribution is -0.916. The van der Waals surface area contributed by atoms with Crippen LogP contribution < -0.4 is 0 Å². The number of amides is 1. The lowest BCUT2D eigenvalue weighted by atomic mass is 9.86. The van der Waals surface area contributed by atoms with Crippen LogP contribution in [0.2, 0.25) is 0 Å². The van der Waals surface area contributed by atoms with E-state index < -0.39 is 6.09 Å². The molecular formula is C7H12NO2+. The molecule has 56 valence electrons. The minimum atomic E-state index is -0.615. The number of rotatable bonds is 0. The van der Waals surface area contributed by atoms with Gasteiger partial charge in [-0.15, -0.1) is 0 Å². The molecule has 10 heavy (non-hydrogen) atoms. The molecule has 1 N–H and O–H groups in total. The first kappa shape index (κ1) is 6.16. The number of fused-ring (bicyclic) bond motifs is 2. The van der Waals surface area contributed by atoms with Gasteiger partial charge in [0.05, 0.1) is 25.6 Å². The highest BCUT2D eigenvalue weighted by molar-refractivity contribution is 5.57. The molecule has 3 saturated heterocycles. The second-order valence-corrected chi connectivity index (χ2v) is 3.52. The van der Waals surface area contributed by atoms with Gasteiger partial charge in [0, 0.05) is 0 Å². The van der Waals surface area contributed by atoms with Gasteiger partial charge in [-0.25, -0.2) is 4.48 Å². The van der Waals surface area contributed by atoms with E-state index in [4.69, 9.17) is 5.11 Å². The molecule has 0 atom stereocenters. The Hall–Kier alpha value is -0.570. The van der Waals surface area contributed by atoms with Crippen molar-refractivity contribution in [1.29, 1.82) is 0 Å². The summed E-state index contributed by atoms with van der Waals surface area (Å²) in [4.78, 5) is 10.7. The van der Waals surface area contributed by atoms with Crippen molar-refractivity contribution in [2.24, 2.45) is 5.92 Å². The molecule has 3 nitrogen and oxygen atoms in total. The number of hydrogen-bond donors (Lipinski definition) is 1. The molecule has 3 aliphatic rings. The summed E-state index contributed by atoms with van der Waals surface area (Å²) in [5, 5.41) is 8.81. The number of carbonyl (C=O) groups is 1. The third kappa shape index (κ3) is 0.611. The highest BCUT2D eigenvalue weighted by Crippen LogP contribution is 2.35. The van der Waals surface area contributed by atoms with E-state index in [0.717, 1.165) is 32.0 Å². The molecule has 3 rings (SSSR count). The zero-order valence-corrected chi connectivity index (χ0v) is 5.92. The fraction of sp³-hybridized carbons (Fsp3) is 0.857. The second kappa shape index (κ2) is 1.72. The van der Waals surface area contributed by atoms with Gasteiger partial charge in [0.25, 0.3) is 0 Å². The van der Waals surface area contributed by atoms with E-state index in [1.165, 1.54) is 6.42 Å². The molecule has 3 fully saturated rings. The Balaban J connectivity index is 2.12. The maximum Gasteiger partial charge on any atom is 0.513 e. The van der Waals surface area contributed by atoms with Crippen molar-refractivity contribution in [2.75, 3.05) is 19.6 Å². The lowest BCUT2D eigenvalue weighted by Gasteiger charge is -2.49. The van der Waals surface area contributed by atoms with Gasteiger partial charge in [-0.1, -0.05) is 0 Å². The van der Waals surface area contributed by atoms with Gasteiger partial charge in [0.15, 0.2) is 0 Å². The van der Waals surface area contributed by atoms with E-state index in [2.05, 4.69) is 0 Å². The molecule has 0 aromatic rings. The average molecular weight is 142 g/mol.